The van der Waals surface area contributed by atoms with Crippen molar-refractivity contribution in [2.45, 2.75) is 24.7 Å². The fourth-order valence-electron chi connectivity index (χ4n) is 2.19. The number of aryl methyl sites for hydroxylation is 1. The highest BCUT2D eigenvalue weighted by Gasteiger charge is 2.20. The molecule has 1 fully saturated rings. The number of benzene rings is 1. The number of sulfonamides is 1. The highest BCUT2D eigenvalue weighted by atomic mass is 32.2. The molecule has 1 heterocycles. The molecule has 1 unspecified atom stereocenters. The van der Waals surface area contributed by atoms with Crippen LogP contribution in [0.25, 0.3) is 0 Å². The van der Waals surface area contributed by atoms with Crippen molar-refractivity contribution in [3.63, 3.8) is 0 Å². The molecule has 0 saturated carbocycles. The van der Waals surface area contributed by atoms with Crippen LogP contribution in [0.1, 0.15) is 18.4 Å². The van der Waals surface area contributed by atoms with E-state index in [0.717, 1.165) is 25.0 Å². The van der Waals surface area contributed by atoms with E-state index in [1.807, 2.05) is 6.92 Å². The monoisotopic (exact) mass is 284 g/mol. The maximum absolute atomic E-state index is 12.2. The van der Waals surface area contributed by atoms with Gasteiger partial charge in [-0.3, -0.25) is 0 Å². The largest absolute Gasteiger partial charge is 0.398 e. The second-order valence-corrected chi connectivity index (χ2v) is 6.71. The van der Waals surface area contributed by atoms with Crippen molar-refractivity contribution in [2.24, 2.45) is 5.92 Å². The maximum Gasteiger partial charge on any atom is 0.242 e. The van der Waals surface area contributed by atoms with Crippen LogP contribution in [0.3, 0.4) is 0 Å². The molecule has 106 valence electrons. The normalized spacial score (nSPS) is 20.4. The molecule has 19 heavy (non-hydrogen) atoms. The molecule has 0 aliphatic carbocycles. The number of hydrogen-bond acceptors (Lipinski definition) is 4. The van der Waals surface area contributed by atoms with Gasteiger partial charge in [-0.2, -0.15) is 0 Å². The summed E-state index contributed by atoms with van der Waals surface area (Å²) in [4.78, 5) is 0.148. The highest BCUT2D eigenvalue weighted by Crippen LogP contribution is 2.20. The van der Waals surface area contributed by atoms with Crippen LogP contribution >= 0.6 is 0 Å². The topological polar surface area (TPSA) is 81.4 Å². The summed E-state index contributed by atoms with van der Waals surface area (Å²) in [6, 6.07) is 4.96. The molecular weight excluding hydrogens is 264 g/mol. The molecule has 6 heteroatoms. The number of anilines is 1. The standard InChI is InChI=1S/C13H20N2O3S/c1-10-4-5-13(12(14)7-10)19(16,17)15-8-11-3-2-6-18-9-11/h4-5,7,11,15H,2-3,6,8-9,14H2,1H3. The van der Waals surface area contributed by atoms with Crippen LogP contribution in [0.2, 0.25) is 0 Å². The molecule has 3 N–H and O–H groups in total. The molecule has 1 saturated heterocycles. The van der Waals surface area contributed by atoms with Crippen LogP contribution in [0, 0.1) is 12.8 Å². The van der Waals surface area contributed by atoms with Gasteiger partial charge in [0.25, 0.3) is 0 Å². The lowest BCUT2D eigenvalue weighted by Gasteiger charge is -2.22. The zero-order valence-electron chi connectivity index (χ0n) is 11.1. The number of ether oxygens (including phenoxy) is 1. The molecule has 0 bridgehead atoms. The van der Waals surface area contributed by atoms with E-state index in [2.05, 4.69) is 4.72 Å². The van der Waals surface area contributed by atoms with Gasteiger partial charge in [-0.15, -0.1) is 0 Å². The predicted octanol–water partition coefficient (Wildman–Crippen LogP) is 1.28. The Morgan fingerprint density at radius 3 is 2.89 bits per heavy atom. The van der Waals surface area contributed by atoms with Crippen molar-refractivity contribution < 1.29 is 13.2 Å². The smallest absolute Gasteiger partial charge is 0.242 e. The van der Waals surface area contributed by atoms with Gasteiger partial charge in [0.05, 0.1) is 12.3 Å². The average molecular weight is 284 g/mol. The molecular formula is C13H20N2O3S. The molecule has 0 aromatic heterocycles. The number of hydrogen-bond donors (Lipinski definition) is 2. The minimum atomic E-state index is -3.54. The Bertz CT molecular complexity index is 537. The quantitative estimate of drug-likeness (QED) is 0.816. The Hall–Kier alpha value is -1.11. The van der Waals surface area contributed by atoms with Crippen LogP contribution in [-0.4, -0.2) is 28.2 Å². The van der Waals surface area contributed by atoms with Gasteiger partial charge in [0.1, 0.15) is 4.90 Å². The van der Waals surface area contributed by atoms with Gasteiger partial charge < -0.3 is 10.5 Å². The SMILES string of the molecule is Cc1ccc(S(=O)(=O)NCC2CCCOC2)c(N)c1. The minimum absolute atomic E-state index is 0.148. The first-order chi connectivity index (χ1) is 8.99. The predicted molar refractivity (Wildman–Crippen MR) is 74.3 cm³/mol. The van der Waals surface area contributed by atoms with Crippen molar-refractivity contribution in [2.75, 3.05) is 25.5 Å². The van der Waals surface area contributed by atoms with Gasteiger partial charge in [0, 0.05) is 13.2 Å². The summed E-state index contributed by atoms with van der Waals surface area (Å²) in [6.45, 7) is 3.66. The van der Waals surface area contributed by atoms with Gasteiger partial charge in [-0.25, -0.2) is 13.1 Å². The second-order valence-electron chi connectivity index (χ2n) is 4.98. The Kier molecular flexibility index (Phi) is 4.44. The lowest BCUT2D eigenvalue weighted by Crippen LogP contribution is -2.33. The lowest BCUT2D eigenvalue weighted by atomic mass is 10.0. The fraction of sp³-hybridized carbons (Fsp3) is 0.538. The first-order valence-electron chi connectivity index (χ1n) is 6.42. The van der Waals surface area contributed by atoms with E-state index in [-0.39, 0.29) is 16.5 Å². The Morgan fingerprint density at radius 1 is 1.47 bits per heavy atom. The molecule has 0 spiro atoms. The van der Waals surface area contributed by atoms with Crippen molar-refractivity contribution >= 4 is 15.7 Å². The fourth-order valence-corrected chi connectivity index (χ4v) is 3.41. The Morgan fingerprint density at radius 2 is 2.26 bits per heavy atom. The summed E-state index contributed by atoms with van der Waals surface area (Å²) in [6.07, 6.45) is 1.98. The number of nitrogens with two attached hydrogens (primary N) is 1. The third kappa shape index (κ3) is 3.68. The molecule has 2 rings (SSSR count). The van der Waals surface area contributed by atoms with Crippen LogP contribution in [0.4, 0.5) is 5.69 Å². The molecule has 1 aliphatic heterocycles. The van der Waals surface area contributed by atoms with Crippen molar-refractivity contribution in [1.29, 1.82) is 0 Å². The summed E-state index contributed by atoms with van der Waals surface area (Å²) in [5, 5.41) is 0. The minimum Gasteiger partial charge on any atom is -0.398 e. The summed E-state index contributed by atoms with van der Waals surface area (Å²) >= 11 is 0. The first-order valence-corrected chi connectivity index (χ1v) is 7.91. The van der Waals surface area contributed by atoms with Crippen LogP contribution < -0.4 is 10.5 Å². The number of nitrogens with one attached hydrogen (secondary N) is 1. The van der Waals surface area contributed by atoms with E-state index in [0.29, 0.717) is 13.2 Å². The first kappa shape index (κ1) is 14.3. The van der Waals surface area contributed by atoms with E-state index in [4.69, 9.17) is 10.5 Å². The second kappa shape index (κ2) is 5.90. The van der Waals surface area contributed by atoms with E-state index >= 15 is 0 Å². The van der Waals surface area contributed by atoms with E-state index in [1.54, 1.807) is 18.2 Å². The van der Waals surface area contributed by atoms with Crippen LogP contribution in [-0.2, 0) is 14.8 Å². The van der Waals surface area contributed by atoms with Crippen LogP contribution in [0.15, 0.2) is 23.1 Å². The Balaban J connectivity index is 2.05. The van der Waals surface area contributed by atoms with E-state index in [9.17, 15) is 8.42 Å². The summed E-state index contributed by atoms with van der Waals surface area (Å²) in [7, 11) is -3.54. The third-order valence-electron chi connectivity index (χ3n) is 3.27. The van der Waals surface area contributed by atoms with Crippen molar-refractivity contribution in [3.8, 4) is 0 Å². The van der Waals surface area contributed by atoms with Crippen molar-refractivity contribution in [1.82, 2.24) is 4.72 Å². The third-order valence-corrected chi connectivity index (χ3v) is 4.77. The zero-order valence-corrected chi connectivity index (χ0v) is 11.9. The maximum atomic E-state index is 12.2. The average Bonchev–Trinajstić information content (AvgIpc) is 2.37. The molecule has 0 radical (unpaired) electrons. The van der Waals surface area contributed by atoms with Crippen LogP contribution in [0.5, 0.6) is 0 Å². The van der Waals surface area contributed by atoms with Gasteiger partial charge in [0.15, 0.2) is 0 Å². The molecule has 0 amide bonds. The molecule has 5 nitrogen and oxygen atoms in total. The van der Waals surface area contributed by atoms with Gasteiger partial charge >= 0.3 is 0 Å². The molecule has 1 aromatic rings. The molecule has 1 atom stereocenters. The zero-order chi connectivity index (χ0) is 13.9. The van der Waals surface area contributed by atoms with Crippen molar-refractivity contribution in [3.05, 3.63) is 23.8 Å². The van der Waals surface area contributed by atoms with Gasteiger partial charge in [0.2, 0.25) is 10.0 Å². The number of nitrogen functional groups attached to an aromatic ring is 1. The lowest BCUT2D eigenvalue weighted by molar-refractivity contribution is 0.0568. The summed E-state index contributed by atoms with van der Waals surface area (Å²) in [5.74, 6) is 0.246. The Labute approximate surface area is 114 Å². The number of rotatable bonds is 4. The highest BCUT2D eigenvalue weighted by molar-refractivity contribution is 7.89. The summed E-state index contributed by atoms with van der Waals surface area (Å²) in [5.41, 5.74) is 7.00. The van der Waals surface area contributed by atoms with Gasteiger partial charge in [-0.1, -0.05) is 6.07 Å². The van der Waals surface area contributed by atoms with Gasteiger partial charge in [-0.05, 0) is 43.4 Å². The van der Waals surface area contributed by atoms with E-state index in [1.165, 1.54) is 0 Å². The summed E-state index contributed by atoms with van der Waals surface area (Å²) < 4.78 is 32.3. The van der Waals surface area contributed by atoms with E-state index < -0.39 is 10.0 Å². The molecule has 1 aliphatic rings. The molecule has 1 aromatic carbocycles.